The Labute approximate surface area is 95.3 Å². The van der Waals surface area contributed by atoms with E-state index in [4.69, 9.17) is 11.6 Å². The zero-order valence-corrected chi connectivity index (χ0v) is 9.64. The second kappa shape index (κ2) is 4.42. The van der Waals surface area contributed by atoms with Gasteiger partial charge in [-0.25, -0.2) is 0 Å². The molecule has 0 amide bonds. The lowest BCUT2D eigenvalue weighted by Gasteiger charge is -2.23. The standard InChI is InChI=1S/C12H16ClNO/c1-8-11(13)6-10(7-12(8)15)9-2-4-14-5-3-9/h6-7,9,14-15H,2-5H2,1H3. The smallest absolute Gasteiger partial charge is 0.120 e. The van der Waals surface area contributed by atoms with Crippen LogP contribution in [0.25, 0.3) is 0 Å². The fourth-order valence-corrected chi connectivity index (χ4v) is 2.30. The first-order valence-electron chi connectivity index (χ1n) is 5.38. The van der Waals surface area contributed by atoms with Crippen LogP contribution in [-0.4, -0.2) is 18.2 Å². The largest absolute Gasteiger partial charge is 0.508 e. The molecule has 0 radical (unpaired) electrons. The lowest BCUT2D eigenvalue weighted by atomic mass is 9.89. The van der Waals surface area contributed by atoms with Gasteiger partial charge in [0.25, 0.3) is 0 Å². The van der Waals surface area contributed by atoms with Gasteiger partial charge in [0.1, 0.15) is 5.75 Å². The van der Waals surface area contributed by atoms with E-state index in [9.17, 15) is 5.11 Å². The van der Waals surface area contributed by atoms with E-state index in [1.54, 1.807) is 0 Å². The van der Waals surface area contributed by atoms with Gasteiger partial charge in [-0.1, -0.05) is 11.6 Å². The number of halogens is 1. The molecule has 2 nitrogen and oxygen atoms in total. The third-order valence-electron chi connectivity index (χ3n) is 3.15. The highest BCUT2D eigenvalue weighted by molar-refractivity contribution is 6.31. The molecular formula is C12H16ClNO. The van der Waals surface area contributed by atoms with Crippen LogP contribution in [0.2, 0.25) is 5.02 Å². The van der Waals surface area contributed by atoms with E-state index >= 15 is 0 Å². The van der Waals surface area contributed by atoms with Crippen molar-refractivity contribution in [3.8, 4) is 5.75 Å². The van der Waals surface area contributed by atoms with Crippen molar-refractivity contribution < 1.29 is 5.11 Å². The van der Waals surface area contributed by atoms with Crippen molar-refractivity contribution in [2.75, 3.05) is 13.1 Å². The predicted octanol–water partition coefficient (Wildman–Crippen LogP) is 2.82. The number of phenolic OH excluding ortho intramolecular Hbond substituents is 1. The molecule has 2 rings (SSSR count). The van der Waals surface area contributed by atoms with Crippen LogP contribution < -0.4 is 5.32 Å². The Hall–Kier alpha value is -0.730. The lowest BCUT2D eigenvalue weighted by molar-refractivity contribution is 0.450. The second-order valence-electron chi connectivity index (χ2n) is 4.17. The molecule has 1 aromatic rings. The molecule has 3 heteroatoms. The lowest BCUT2D eigenvalue weighted by Crippen LogP contribution is -2.26. The van der Waals surface area contributed by atoms with Crippen molar-refractivity contribution in [1.82, 2.24) is 5.32 Å². The van der Waals surface area contributed by atoms with Gasteiger partial charge in [0, 0.05) is 10.6 Å². The number of nitrogens with one attached hydrogen (secondary N) is 1. The number of piperidine rings is 1. The van der Waals surface area contributed by atoms with Crippen LogP contribution in [0, 0.1) is 6.92 Å². The third kappa shape index (κ3) is 2.27. The molecule has 1 saturated heterocycles. The number of rotatable bonds is 1. The van der Waals surface area contributed by atoms with Crippen molar-refractivity contribution in [1.29, 1.82) is 0 Å². The summed E-state index contributed by atoms with van der Waals surface area (Å²) >= 11 is 6.06. The van der Waals surface area contributed by atoms with Crippen LogP contribution in [0.1, 0.15) is 29.9 Å². The molecule has 0 saturated carbocycles. The van der Waals surface area contributed by atoms with Gasteiger partial charge in [0.15, 0.2) is 0 Å². The fraction of sp³-hybridized carbons (Fsp3) is 0.500. The van der Waals surface area contributed by atoms with Crippen LogP contribution >= 0.6 is 11.6 Å². The molecule has 0 aliphatic carbocycles. The van der Waals surface area contributed by atoms with Crippen LogP contribution in [0.3, 0.4) is 0 Å². The van der Waals surface area contributed by atoms with E-state index in [2.05, 4.69) is 5.32 Å². The average molecular weight is 226 g/mol. The molecule has 0 bridgehead atoms. The van der Waals surface area contributed by atoms with Gasteiger partial charge >= 0.3 is 0 Å². The zero-order chi connectivity index (χ0) is 10.8. The summed E-state index contributed by atoms with van der Waals surface area (Å²) in [4.78, 5) is 0. The fourth-order valence-electron chi connectivity index (χ4n) is 2.08. The summed E-state index contributed by atoms with van der Waals surface area (Å²) in [5.41, 5.74) is 1.94. The summed E-state index contributed by atoms with van der Waals surface area (Å²) in [5, 5.41) is 13.7. The Morgan fingerprint density at radius 2 is 2.00 bits per heavy atom. The van der Waals surface area contributed by atoms with Crippen molar-refractivity contribution in [2.24, 2.45) is 0 Å². The molecule has 2 N–H and O–H groups in total. The highest BCUT2D eigenvalue weighted by Gasteiger charge is 2.17. The SMILES string of the molecule is Cc1c(O)cc(C2CCNCC2)cc1Cl. The Morgan fingerprint density at radius 3 is 2.60 bits per heavy atom. The second-order valence-corrected chi connectivity index (χ2v) is 4.58. The minimum atomic E-state index is 0.316. The van der Waals surface area contributed by atoms with Crippen LogP contribution in [0.15, 0.2) is 12.1 Å². The zero-order valence-electron chi connectivity index (χ0n) is 8.89. The minimum Gasteiger partial charge on any atom is -0.508 e. The number of benzene rings is 1. The molecule has 0 aromatic heterocycles. The molecule has 82 valence electrons. The quantitative estimate of drug-likeness (QED) is 0.771. The highest BCUT2D eigenvalue weighted by atomic mass is 35.5. The van der Waals surface area contributed by atoms with Gasteiger partial charge in [0.05, 0.1) is 0 Å². The molecule has 15 heavy (non-hydrogen) atoms. The summed E-state index contributed by atoms with van der Waals surface area (Å²) < 4.78 is 0. The first kappa shape index (κ1) is 10.8. The van der Waals surface area contributed by atoms with Gasteiger partial charge in [-0.2, -0.15) is 0 Å². The summed E-state index contributed by atoms with van der Waals surface area (Å²) in [6.45, 7) is 3.94. The van der Waals surface area contributed by atoms with Crippen LogP contribution in [-0.2, 0) is 0 Å². The molecule has 1 aliphatic rings. The van der Waals surface area contributed by atoms with Crippen LogP contribution in [0.4, 0.5) is 0 Å². The topological polar surface area (TPSA) is 32.3 Å². The molecule has 1 aliphatic heterocycles. The summed E-state index contributed by atoms with van der Waals surface area (Å²) in [6, 6.07) is 3.85. The molecule has 0 unspecified atom stereocenters. The Bertz CT molecular complexity index is 336. The van der Waals surface area contributed by atoms with Gasteiger partial charge < -0.3 is 10.4 Å². The Balaban J connectivity index is 2.27. The predicted molar refractivity (Wildman–Crippen MR) is 62.7 cm³/mol. The van der Waals surface area contributed by atoms with Gasteiger partial charge in [-0.15, -0.1) is 0 Å². The van der Waals surface area contributed by atoms with E-state index in [1.807, 2.05) is 19.1 Å². The third-order valence-corrected chi connectivity index (χ3v) is 3.54. The molecule has 1 aromatic carbocycles. The maximum atomic E-state index is 9.71. The van der Waals surface area contributed by atoms with Crippen LogP contribution in [0.5, 0.6) is 5.75 Å². The summed E-state index contributed by atoms with van der Waals surface area (Å²) in [7, 11) is 0. The van der Waals surface area contributed by atoms with Gasteiger partial charge in [-0.3, -0.25) is 0 Å². The van der Waals surface area contributed by atoms with E-state index in [0.717, 1.165) is 31.5 Å². The van der Waals surface area contributed by atoms with E-state index in [-0.39, 0.29) is 0 Å². The highest BCUT2D eigenvalue weighted by Crippen LogP contribution is 2.33. The maximum Gasteiger partial charge on any atom is 0.120 e. The number of hydrogen-bond donors (Lipinski definition) is 2. The maximum absolute atomic E-state index is 9.71. The Kier molecular flexibility index (Phi) is 3.17. The summed E-state index contributed by atoms with van der Waals surface area (Å²) in [6.07, 6.45) is 2.25. The number of phenols is 1. The first-order valence-corrected chi connectivity index (χ1v) is 5.76. The minimum absolute atomic E-state index is 0.316. The molecule has 1 fully saturated rings. The normalized spacial score (nSPS) is 18.0. The average Bonchev–Trinajstić information content (AvgIpc) is 2.26. The number of hydrogen-bond acceptors (Lipinski definition) is 2. The van der Waals surface area contributed by atoms with Gasteiger partial charge in [0.2, 0.25) is 0 Å². The van der Waals surface area contributed by atoms with Crippen molar-refractivity contribution in [2.45, 2.75) is 25.7 Å². The van der Waals surface area contributed by atoms with Gasteiger partial charge in [-0.05, 0) is 56.5 Å². The molecule has 0 atom stereocenters. The summed E-state index contributed by atoms with van der Waals surface area (Å²) in [5.74, 6) is 0.853. The van der Waals surface area contributed by atoms with Crippen molar-refractivity contribution in [3.63, 3.8) is 0 Å². The van der Waals surface area contributed by atoms with E-state index in [0.29, 0.717) is 16.7 Å². The van der Waals surface area contributed by atoms with Crippen molar-refractivity contribution >= 4 is 11.6 Å². The van der Waals surface area contributed by atoms with E-state index in [1.165, 1.54) is 5.56 Å². The monoisotopic (exact) mass is 225 g/mol. The van der Waals surface area contributed by atoms with E-state index < -0.39 is 0 Å². The molecule has 1 heterocycles. The number of aromatic hydroxyl groups is 1. The van der Waals surface area contributed by atoms with Crippen molar-refractivity contribution in [3.05, 3.63) is 28.3 Å². The molecular weight excluding hydrogens is 210 g/mol. The Morgan fingerprint density at radius 1 is 1.33 bits per heavy atom. The first-order chi connectivity index (χ1) is 7.18. The molecule has 0 spiro atoms.